The molecule has 0 saturated carbocycles. The van der Waals surface area contributed by atoms with Gasteiger partial charge in [0.05, 0.1) is 39.6 Å². The monoisotopic (exact) mass is 1510 g/mol. The Hall–Kier alpha value is -7.66. The minimum atomic E-state index is -10.7. The number of terminal acetylenes is 2. The van der Waals surface area contributed by atoms with Crippen LogP contribution in [0.1, 0.15) is 22.3 Å². The topological polar surface area (TPSA) is 70.9 Å². The van der Waals surface area contributed by atoms with Crippen molar-refractivity contribution in [1.29, 1.82) is 0 Å². The van der Waals surface area contributed by atoms with Crippen molar-refractivity contribution < 1.29 is 147 Å². The number of fused-ring (bicyclic) bond motifs is 1. The van der Waals surface area contributed by atoms with E-state index in [1.807, 2.05) is 36.4 Å². The van der Waals surface area contributed by atoms with Gasteiger partial charge in [-0.25, -0.2) is 18.3 Å². The molecule has 24 rings (SSSR count). The normalized spacial score (nSPS) is 15.0. The molecule has 0 saturated heterocycles. The molecule has 0 aliphatic carbocycles. The molecule has 0 unspecified atom stereocenters. The smallest absolute Gasteiger partial charge is 0.173 e. The summed E-state index contributed by atoms with van der Waals surface area (Å²) in [5, 5.41) is 1.96. The van der Waals surface area contributed by atoms with Crippen molar-refractivity contribution in [2.24, 2.45) is 0 Å². The van der Waals surface area contributed by atoms with Crippen molar-refractivity contribution >= 4 is 42.0 Å². The Labute approximate surface area is 543 Å². The molecule has 4 aromatic carbocycles. The van der Waals surface area contributed by atoms with Gasteiger partial charge in [0, 0.05) is 81.6 Å². The van der Waals surface area contributed by atoms with E-state index in [4.69, 9.17) is 41.3 Å². The van der Waals surface area contributed by atoms with Crippen LogP contribution in [-0.2, 0) is 45.1 Å². The number of ether oxygens (including phenoxy) is 6. The predicted octanol–water partition coefficient (Wildman–Crippen LogP) is 21.1. The van der Waals surface area contributed by atoms with E-state index in [1.54, 1.807) is 0 Å². The van der Waals surface area contributed by atoms with Crippen molar-refractivity contribution in [3.8, 4) is 58.4 Å². The second-order valence-electron chi connectivity index (χ2n) is 20.5. The second-order valence-corrected chi connectivity index (χ2v) is 28.2. The van der Waals surface area contributed by atoms with Crippen LogP contribution in [0.3, 0.4) is 0 Å². The summed E-state index contributed by atoms with van der Waals surface area (Å²) in [7, 11) is -42.6. The standard InChI is InChI=1S/C36H32N4.C24H28O6.4F6P/c1-2-30-4-3-29(1)25-37-17-9-33(10-18-37)35-13-21-39(22-14-35)27-31-5-7-32(8-6-31)28-40-23-15-36(16-24-40)34-11-19-38(26-30)20-12-34;1-3-11-25-13-15-27-17-19-29-23-9-5-8-22-21(23)7-6-10-24(22)30-20-18-28-16-14-26-12-4-2;4*1-7(2,3,4,5)6/h1-24H,25-28H2;1-2,5-10H,11-20H2;;;;/q+4;;4*-1. The summed E-state index contributed by atoms with van der Waals surface area (Å²) in [4.78, 5) is 0. The van der Waals surface area contributed by atoms with E-state index in [1.165, 1.54) is 44.5 Å². The van der Waals surface area contributed by atoms with Gasteiger partial charge >= 0.3 is 132 Å². The van der Waals surface area contributed by atoms with Gasteiger partial charge in [0.2, 0.25) is 0 Å². The molecule has 0 atom stereocenters. The third kappa shape index (κ3) is 46.5. The van der Waals surface area contributed by atoms with Gasteiger partial charge in [0.25, 0.3) is 0 Å². The molecule has 8 aromatic rings. The average molecular weight is 1510 g/mol. The summed E-state index contributed by atoms with van der Waals surface area (Å²) in [6.07, 6.45) is 27.6. The number of pyridine rings is 4. The van der Waals surface area contributed by atoms with E-state index in [-0.39, 0.29) is 0 Å². The number of rotatable bonds is 16. The number of hydrogen-bond acceptors (Lipinski definition) is 6. The van der Waals surface area contributed by atoms with Crippen LogP contribution in [0.5, 0.6) is 11.5 Å². The molecule has 544 valence electrons. The van der Waals surface area contributed by atoms with Crippen LogP contribution < -0.4 is 27.7 Å². The molecule has 16 aliphatic heterocycles. The Kier molecular flexibility index (Phi) is 25.4. The molecule has 20 heterocycles. The van der Waals surface area contributed by atoms with E-state index in [9.17, 15) is 101 Å². The first-order valence-corrected chi connectivity index (χ1v) is 35.9. The van der Waals surface area contributed by atoms with Gasteiger partial charge in [-0.15, -0.1) is 12.8 Å². The quantitative estimate of drug-likeness (QED) is 0.0316. The van der Waals surface area contributed by atoms with Crippen LogP contribution >= 0.6 is 31.2 Å². The SMILES string of the molecule is C#CCOCCOCCOc1cccc2c(OCCOCCOCC#C)cccc12.F[P-](F)(F)(F)(F)F.F[P-](F)(F)(F)(F)F.F[P-](F)(F)(F)(F)F.F[P-](F)(F)(F)(F)F.c1cc2ccc1C[n+]1ccc(cc1)-c1cc[n+](cc1)Cc1ccc(cc1)C[n+]1ccc(cc1)-c1cc[n+](cc1)C2. The zero-order valence-corrected chi connectivity index (χ0v) is 54.1. The Bertz CT molecular complexity index is 3460. The molecule has 10 nitrogen and oxygen atoms in total. The molecule has 4 aromatic heterocycles. The van der Waals surface area contributed by atoms with Crippen LogP contribution in [0.4, 0.5) is 101 Å². The Morgan fingerprint density at radius 3 is 0.673 bits per heavy atom. The van der Waals surface area contributed by atoms with Crippen LogP contribution in [0.15, 0.2) is 183 Å². The maximum absolute atomic E-state index is 10.7. The van der Waals surface area contributed by atoms with Crippen molar-refractivity contribution in [3.05, 3.63) is 205 Å². The molecule has 0 radical (unpaired) electrons. The minimum absolute atomic E-state index is 0.299. The maximum Gasteiger partial charge on any atom is 0.173 e. The largest absolute Gasteiger partial charge is 0.201 e. The Morgan fingerprint density at radius 2 is 0.469 bits per heavy atom. The van der Waals surface area contributed by atoms with E-state index in [0.29, 0.717) is 66.1 Å². The molecule has 0 fully saturated rings. The molecule has 0 spiro atoms. The number of hydrogen-bond donors (Lipinski definition) is 0. The molecule has 0 N–H and O–H groups in total. The molecule has 12 bridgehead atoms. The van der Waals surface area contributed by atoms with E-state index < -0.39 is 31.2 Å². The first-order chi connectivity index (χ1) is 44.4. The van der Waals surface area contributed by atoms with Crippen molar-refractivity contribution in [1.82, 2.24) is 0 Å². The van der Waals surface area contributed by atoms with E-state index in [2.05, 4.69) is 177 Å². The van der Waals surface area contributed by atoms with Gasteiger partial charge in [-0.2, -0.15) is 0 Å². The maximum atomic E-state index is 9.87. The molecular weight excluding hydrogens is 1450 g/mol. The van der Waals surface area contributed by atoms with E-state index in [0.717, 1.165) is 48.5 Å². The van der Waals surface area contributed by atoms with Crippen molar-refractivity contribution in [2.45, 2.75) is 26.2 Å². The number of aromatic nitrogens is 4. The molecule has 0 amide bonds. The fraction of sp³-hybridized carbons (Fsp3) is 0.233. The van der Waals surface area contributed by atoms with Gasteiger partial charge in [0.15, 0.2) is 75.8 Å². The zero-order valence-electron chi connectivity index (χ0n) is 50.5. The fourth-order valence-corrected chi connectivity index (χ4v) is 7.99. The summed E-state index contributed by atoms with van der Waals surface area (Å²) in [6, 6.07) is 47.3. The molecule has 38 heteroatoms. The average Bonchev–Trinajstić information content (AvgIpc) is 0.812. The zero-order chi connectivity index (χ0) is 73.6. The first kappa shape index (κ1) is 82.8. The van der Waals surface area contributed by atoms with Crippen LogP contribution in [0.2, 0.25) is 0 Å². The summed E-state index contributed by atoms with van der Waals surface area (Å²) in [5.41, 5.74) is 10.1. The first-order valence-electron chi connectivity index (χ1n) is 27.7. The van der Waals surface area contributed by atoms with Gasteiger partial charge in [0.1, 0.15) is 37.9 Å². The summed E-state index contributed by atoms with van der Waals surface area (Å²) in [5.74, 6) is 6.39. The van der Waals surface area contributed by atoms with E-state index >= 15 is 0 Å². The number of benzene rings is 4. The van der Waals surface area contributed by atoms with Crippen molar-refractivity contribution in [3.63, 3.8) is 0 Å². The predicted molar refractivity (Wildman–Crippen MR) is 324 cm³/mol. The molecule has 98 heavy (non-hydrogen) atoms. The number of halogens is 24. The van der Waals surface area contributed by atoms with Crippen LogP contribution in [0, 0.1) is 24.7 Å². The van der Waals surface area contributed by atoms with Gasteiger partial charge in [-0.3, -0.25) is 0 Å². The molecular formula is C60H60F24N4O6P4. The number of nitrogens with zero attached hydrogens (tertiary/aromatic N) is 4. The second kappa shape index (κ2) is 30.0. The Morgan fingerprint density at radius 1 is 0.276 bits per heavy atom. The summed E-state index contributed by atoms with van der Waals surface area (Å²) >= 11 is 0. The summed E-state index contributed by atoms with van der Waals surface area (Å²) < 4.78 is 279. The van der Waals surface area contributed by atoms with Gasteiger partial charge in [-0.1, -0.05) is 84.6 Å². The minimum Gasteiger partial charge on any atom is -0.201 e. The third-order valence-electron chi connectivity index (χ3n) is 11.7. The third-order valence-corrected chi connectivity index (χ3v) is 11.7. The van der Waals surface area contributed by atoms with Gasteiger partial charge < -0.3 is 28.4 Å². The Balaban J connectivity index is 0.000000306. The van der Waals surface area contributed by atoms with Crippen LogP contribution in [-0.4, -0.2) is 66.1 Å². The van der Waals surface area contributed by atoms with Crippen LogP contribution in [0.25, 0.3) is 33.0 Å². The molecule has 16 aliphatic rings. The van der Waals surface area contributed by atoms with Gasteiger partial charge in [-0.05, 0) is 34.4 Å². The van der Waals surface area contributed by atoms with Crippen molar-refractivity contribution in [2.75, 3.05) is 66.1 Å². The fourth-order valence-electron chi connectivity index (χ4n) is 7.99. The summed E-state index contributed by atoms with van der Waals surface area (Å²) in [6.45, 7) is 7.74.